The zero-order chi connectivity index (χ0) is 10.8. The van der Waals surface area contributed by atoms with Gasteiger partial charge >= 0.3 is 0 Å². The Balaban J connectivity index is 2.80. The third kappa shape index (κ3) is 1.45. The summed E-state index contributed by atoms with van der Waals surface area (Å²) in [6, 6.07) is 9.38. The summed E-state index contributed by atoms with van der Waals surface area (Å²) >= 11 is 0. The molecule has 3 nitrogen and oxygen atoms in total. The molecule has 0 aliphatic carbocycles. The van der Waals surface area contributed by atoms with Crippen molar-refractivity contribution in [2.75, 3.05) is 0 Å². The van der Waals surface area contributed by atoms with Crippen LogP contribution in [0.5, 0.6) is 0 Å². The standard InChI is InChI=1S/C12H8N3/c1-2-10-5-11-9(7-14)3-8(6-13)4-12(11)15-10/h3-5,15H,1-2H2. The molecule has 0 amide bonds. The van der Waals surface area contributed by atoms with Crippen LogP contribution < -0.4 is 0 Å². The van der Waals surface area contributed by atoms with Crippen molar-refractivity contribution in [3.63, 3.8) is 0 Å². The first-order chi connectivity index (χ1) is 7.28. The number of nitrogens with zero attached hydrogens (tertiary/aromatic N) is 2. The summed E-state index contributed by atoms with van der Waals surface area (Å²) in [7, 11) is 0. The van der Waals surface area contributed by atoms with E-state index >= 15 is 0 Å². The number of aromatic nitrogens is 1. The molecule has 0 aliphatic rings. The predicted molar refractivity (Wildman–Crippen MR) is 56.8 cm³/mol. The van der Waals surface area contributed by atoms with Gasteiger partial charge in [0.25, 0.3) is 0 Å². The van der Waals surface area contributed by atoms with Gasteiger partial charge in [-0.2, -0.15) is 10.5 Å². The Kier molecular flexibility index (Phi) is 2.15. The third-order valence-corrected chi connectivity index (χ3v) is 2.31. The number of benzene rings is 1. The van der Waals surface area contributed by atoms with Crippen LogP contribution in [0.15, 0.2) is 18.2 Å². The molecule has 1 heterocycles. The lowest BCUT2D eigenvalue weighted by molar-refractivity contribution is 1.17. The molecule has 3 heteroatoms. The molecule has 15 heavy (non-hydrogen) atoms. The van der Waals surface area contributed by atoms with Crippen molar-refractivity contribution < 1.29 is 0 Å². The van der Waals surface area contributed by atoms with Gasteiger partial charge in [-0.25, -0.2) is 0 Å². The van der Waals surface area contributed by atoms with E-state index in [0.717, 1.165) is 16.6 Å². The van der Waals surface area contributed by atoms with Crippen molar-refractivity contribution in [1.29, 1.82) is 10.5 Å². The van der Waals surface area contributed by atoms with Gasteiger partial charge in [-0.05, 0) is 31.5 Å². The maximum absolute atomic E-state index is 8.95. The highest BCUT2D eigenvalue weighted by atomic mass is 14.7. The first kappa shape index (κ1) is 9.30. The Morgan fingerprint density at radius 3 is 2.60 bits per heavy atom. The van der Waals surface area contributed by atoms with Gasteiger partial charge < -0.3 is 4.98 Å². The number of nitriles is 2. The topological polar surface area (TPSA) is 63.4 Å². The molecular formula is C12H8N3. The molecule has 0 fully saturated rings. The molecule has 0 saturated heterocycles. The van der Waals surface area contributed by atoms with Crippen molar-refractivity contribution in [3.8, 4) is 12.1 Å². The predicted octanol–water partition coefficient (Wildman–Crippen LogP) is 2.29. The number of hydrogen-bond donors (Lipinski definition) is 1. The monoisotopic (exact) mass is 194 g/mol. The van der Waals surface area contributed by atoms with E-state index in [0.29, 0.717) is 17.5 Å². The van der Waals surface area contributed by atoms with Gasteiger partial charge in [0.15, 0.2) is 0 Å². The van der Waals surface area contributed by atoms with Crippen LogP contribution in [-0.4, -0.2) is 4.98 Å². The van der Waals surface area contributed by atoms with Crippen LogP contribution in [0, 0.1) is 29.6 Å². The van der Waals surface area contributed by atoms with E-state index in [1.807, 2.05) is 12.1 Å². The molecule has 1 radical (unpaired) electrons. The summed E-state index contributed by atoms with van der Waals surface area (Å²) in [6.45, 7) is 3.77. The van der Waals surface area contributed by atoms with Gasteiger partial charge in [-0.3, -0.25) is 0 Å². The molecule has 2 rings (SSSR count). The van der Waals surface area contributed by atoms with Gasteiger partial charge in [0.2, 0.25) is 0 Å². The summed E-state index contributed by atoms with van der Waals surface area (Å²) < 4.78 is 0. The van der Waals surface area contributed by atoms with Gasteiger partial charge in [-0.1, -0.05) is 0 Å². The van der Waals surface area contributed by atoms with Crippen LogP contribution in [0.2, 0.25) is 0 Å². The molecule has 1 aromatic carbocycles. The highest BCUT2D eigenvalue weighted by Crippen LogP contribution is 2.21. The van der Waals surface area contributed by atoms with Crippen LogP contribution in [0.4, 0.5) is 0 Å². The van der Waals surface area contributed by atoms with Crippen molar-refractivity contribution in [2.24, 2.45) is 0 Å². The highest BCUT2D eigenvalue weighted by molar-refractivity contribution is 5.87. The Morgan fingerprint density at radius 2 is 2.00 bits per heavy atom. The van der Waals surface area contributed by atoms with Crippen LogP contribution in [0.25, 0.3) is 10.9 Å². The van der Waals surface area contributed by atoms with E-state index < -0.39 is 0 Å². The van der Waals surface area contributed by atoms with Crippen LogP contribution in [-0.2, 0) is 6.42 Å². The van der Waals surface area contributed by atoms with E-state index in [2.05, 4.69) is 18.0 Å². The number of H-pyrrole nitrogens is 1. The average molecular weight is 194 g/mol. The molecular weight excluding hydrogens is 186 g/mol. The van der Waals surface area contributed by atoms with E-state index in [9.17, 15) is 0 Å². The van der Waals surface area contributed by atoms with Gasteiger partial charge in [0.1, 0.15) is 0 Å². The summed E-state index contributed by atoms with van der Waals surface area (Å²) in [5, 5.41) is 18.6. The Morgan fingerprint density at radius 1 is 1.20 bits per heavy atom. The number of rotatable bonds is 1. The first-order valence-electron chi connectivity index (χ1n) is 4.53. The van der Waals surface area contributed by atoms with Crippen molar-refractivity contribution in [3.05, 3.63) is 41.9 Å². The Hall–Kier alpha value is -2.26. The lowest BCUT2D eigenvalue weighted by atomic mass is 10.1. The summed E-state index contributed by atoms with van der Waals surface area (Å²) in [6.07, 6.45) is 0.640. The van der Waals surface area contributed by atoms with E-state index in [4.69, 9.17) is 10.5 Å². The minimum atomic E-state index is 0.497. The van der Waals surface area contributed by atoms with E-state index in [1.165, 1.54) is 0 Å². The zero-order valence-electron chi connectivity index (χ0n) is 8.04. The molecule has 0 aliphatic heterocycles. The second-order valence-electron chi connectivity index (χ2n) is 3.25. The normalized spacial score (nSPS) is 9.80. The highest BCUT2D eigenvalue weighted by Gasteiger charge is 2.06. The average Bonchev–Trinajstić information content (AvgIpc) is 2.70. The fourth-order valence-electron chi connectivity index (χ4n) is 1.59. The third-order valence-electron chi connectivity index (χ3n) is 2.31. The summed E-state index contributed by atoms with van der Waals surface area (Å²) in [5.74, 6) is 0. The van der Waals surface area contributed by atoms with Crippen LogP contribution >= 0.6 is 0 Å². The Bertz CT molecular complexity index is 594. The molecule has 0 unspecified atom stereocenters. The quantitative estimate of drug-likeness (QED) is 0.756. The fraction of sp³-hybridized carbons (Fsp3) is 0.0833. The molecule has 2 aromatic rings. The van der Waals surface area contributed by atoms with E-state index in [1.54, 1.807) is 12.1 Å². The van der Waals surface area contributed by atoms with Crippen molar-refractivity contribution >= 4 is 10.9 Å². The molecule has 0 spiro atoms. The molecule has 1 aromatic heterocycles. The number of hydrogen-bond acceptors (Lipinski definition) is 2. The van der Waals surface area contributed by atoms with E-state index in [-0.39, 0.29) is 0 Å². The Labute approximate surface area is 87.6 Å². The number of fused-ring (bicyclic) bond motifs is 1. The minimum Gasteiger partial charge on any atom is -0.358 e. The van der Waals surface area contributed by atoms with Gasteiger partial charge in [0, 0.05) is 16.6 Å². The molecule has 0 saturated carbocycles. The van der Waals surface area contributed by atoms with Crippen molar-refractivity contribution in [1.82, 2.24) is 4.98 Å². The second-order valence-corrected chi connectivity index (χ2v) is 3.25. The molecule has 0 bridgehead atoms. The summed E-state index contributed by atoms with van der Waals surface area (Å²) in [5.41, 5.74) is 2.82. The largest absolute Gasteiger partial charge is 0.358 e. The lowest BCUT2D eigenvalue weighted by Crippen LogP contribution is -1.80. The zero-order valence-corrected chi connectivity index (χ0v) is 8.04. The molecule has 1 N–H and O–H groups in total. The first-order valence-corrected chi connectivity index (χ1v) is 4.53. The minimum absolute atomic E-state index is 0.497. The number of aromatic amines is 1. The van der Waals surface area contributed by atoms with Crippen LogP contribution in [0.3, 0.4) is 0 Å². The fourth-order valence-corrected chi connectivity index (χ4v) is 1.59. The van der Waals surface area contributed by atoms with Gasteiger partial charge in [0.05, 0.1) is 23.3 Å². The van der Waals surface area contributed by atoms with Gasteiger partial charge in [-0.15, -0.1) is 0 Å². The molecule has 71 valence electrons. The lowest BCUT2D eigenvalue weighted by Gasteiger charge is -1.93. The van der Waals surface area contributed by atoms with Crippen molar-refractivity contribution in [2.45, 2.75) is 6.42 Å². The maximum Gasteiger partial charge on any atom is 0.0999 e. The summed E-state index contributed by atoms with van der Waals surface area (Å²) in [4.78, 5) is 3.13. The number of nitrogens with one attached hydrogen (secondary N) is 1. The SMILES string of the molecule is [CH2]Cc1cc2c(C#N)cc(C#N)cc2[nH]1. The second kappa shape index (κ2) is 3.48. The smallest absolute Gasteiger partial charge is 0.0999 e. The molecule has 0 atom stereocenters. The van der Waals surface area contributed by atoms with Crippen LogP contribution in [0.1, 0.15) is 16.8 Å². The maximum atomic E-state index is 8.95.